The molecule has 16 heavy (non-hydrogen) atoms. The molecule has 0 radical (unpaired) electrons. The molecular weight excluding hydrogens is 204 g/mol. The second-order valence-corrected chi connectivity index (χ2v) is 4.15. The molecule has 1 aromatic rings. The highest BCUT2D eigenvalue weighted by Gasteiger charge is 2.18. The first-order valence-corrected chi connectivity index (χ1v) is 5.52. The smallest absolute Gasteiger partial charge is 0.227 e. The van der Waals surface area contributed by atoms with Crippen molar-refractivity contribution in [3.8, 4) is 5.75 Å². The van der Waals surface area contributed by atoms with Crippen LogP contribution in [0.1, 0.15) is 18.4 Å². The van der Waals surface area contributed by atoms with Gasteiger partial charge < -0.3 is 15.7 Å². The number of benzene rings is 1. The van der Waals surface area contributed by atoms with Crippen LogP contribution in [0.15, 0.2) is 18.2 Å². The molecule has 4 heteroatoms. The normalized spacial score (nSPS) is 15.4. The van der Waals surface area contributed by atoms with Crippen molar-refractivity contribution in [1.29, 1.82) is 0 Å². The Kier molecular flexibility index (Phi) is 2.99. The van der Waals surface area contributed by atoms with E-state index in [0.717, 1.165) is 25.9 Å². The summed E-state index contributed by atoms with van der Waals surface area (Å²) in [5.41, 5.74) is 7.02. The summed E-state index contributed by atoms with van der Waals surface area (Å²) in [6, 6.07) is 4.71. The monoisotopic (exact) mass is 220 g/mol. The maximum atomic E-state index is 11.9. The van der Waals surface area contributed by atoms with Gasteiger partial charge in [-0.1, -0.05) is 0 Å². The first kappa shape index (κ1) is 10.8. The molecule has 1 heterocycles. The Hall–Kier alpha value is -1.71. The van der Waals surface area contributed by atoms with Crippen molar-refractivity contribution in [3.63, 3.8) is 0 Å². The number of rotatable bonds is 2. The van der Waals surface area contributed by atoms with Crippen LogP contribution in [0.4, 0.5) is 5.69 Å². The van der Waals surface area contributed by atoms with Gasteiger partial charge in [-0.15, -0.1) is 0 Å². The number of phenols is 1. The summed E-state index contributed by atoms with van der Waals surface area (Å²) in [5.74, 6) is 0.244. The van der Waals surface area contributed by atoms with E-state index < -0.39 is 0 Å². The van der Waals surface area contributed by atoms with Crippen molar-refractivity contribution in [2.24, 2.45) is 0 Å². The minimum Gasteiger partial charge on any atom is -0.508 e. The molecule has 0 aromatic heterocycles. The quantitative estimate of drug-likeness (QED) is 0.580. The molecule has 0 atom stereocenters. The van der Waals surface area contributed by atoms with E-state index in [1.165, 1.54) is 6.07 Å². The Labute approximate surface area is 94.7 Å². The average molecular weight is 220 g/mol. The molecule has 1 aromatic carbocycles. The number of nitrogens with zero attached hydrogens (tertiary/aromatic N) is 1. The van der Waals surface area contributed by atoms with Gasteiger partial charge in [-0.2, -0.15) is 0 Å². The van der Waals surface area contributed by atoms with E-state index in [0.29, 0.717) is 11.3 Å². The molecule has 1 saturated heterocycles. The van der Waals surface area contributed by atoms with Gasteiger partial charge >= 0.3 is 0 Å². The molecule has 86 valence electrons. The number of likely N-dealkylation sites (tertiary alicyclic amines) is 1. The average Bonchev–Trinajstić information content (AvgIpc) is 2.76. The van der Waals surface area contributed by atoms with Crippen LogP contribution in [-0.2, 0) is 11.2 Å². The highest BCUT2D eigenvalue weighted by molar-refractivity contribution is 5.80. The second kappa shape index (κ2) is 4.43. The number of carbonyl (C=O) groups excluding carboxylic acids is 1. The molecule has 2 rings (SSSR count). The SMILES string of the molecule is Nc1ccc(O)cc1CC(=O)N1CCCC1. The number of aromatic hydroxyl groups is 1. The number of hydrogen-bond acceptors (Lipinski definition) is 3. The molecule has 0 aliphatic carbocycles. The summed E-state index contributed by atoms with van der Waals surface area (Å²) in [6.45, 7) is 1.69. The second-order valence-electron chi connectivity index (χ2n) is 4.15. The highest BCUT2D eigenvalue weighted by Crippen LogP contribution is 2.20. The summed E-state index contributed by atoms with van der Waals surface area (Å²) in [6.07, 6.45) is 2.45. The number of nitrogen functional groups attached to an aromatic ring is 1. The zero-order valence-electron chi connectivity index (χ0n) is 9.15. The lowest BCUT2D eigenvalue weighted by Crippen LogP contribution is -2.29. The summed E-state index contributed by atoms with van der Waals surface area (Å²) >= 11 is 0. The predicted octanol–water partition coefficient (Wildman–Crippen LogP) is 1.14. The van der Waals surface area contributed by atoms with Crippen molar-refractivity contribution < 1.29 is 9.90 Å². The number of phenolic OH excluding ortho intramolecular Hbond substituents is 1. The van der Waals surface area contributed by atoms with Crippen LogP contribution in [0.2, 0.25) is 0 Å². The summed E-state index contributed by atoms with van der Waals surface area (Å²) in [4.78, 5) is 13.7. The number of amides is 1. The molecular formula is C12H16N2O2. The van der Waals surface area contributed by atoms with E-state index in [2.05, 4.69) is 0 Å². The number of hydrogen-bond donors (Lipinski definition) is 2. The Morgan fingerprint density at radius 2 is 2.06 bits per heavy atom. The standard InChI is InChI=1S/C12H16N2O2/c13-11-4-3-10(15)7-9(11)8-12(16)14-5-1-2-6-14/h3-4,7,15H,1-2,5-6,8,13H2. The predicted molar refractivity (Wildman–Crippen MR) is 62.0 cm³/mol. The van der Waals surface area contributed by atoms with Crippen LogP contribution in [0.25, 0.3) is 0 Å². The maximum Gasteiger partial charge on any atom is 0.227 e. The molecule has 3 N–H and O–H groups in total. The molecule has 0 unspecified atom stereocenters. The van der Waals surface area contributed by atoms with Crippen molar-refractivity contribution in [3.05, 3.63) is 23.8 Å². The van der Waals surface area contributed by atoms with E-state index in [-0.39, 0.29) is 18.1 Å². The molecule has 1 amide bonds. The van der Waals surface area contributed by atoms with E-state index in [9.17, 15) is 9.90 Å². The fraction of sp³-hybridized carbons (Fsp3) is 0.417. The third-order valence-corrected chi connectivity index (χ3v) is 2.93. The Morgan fingerprint density at radius 1 is 1.38 bits per heavy atom. The van der Waals surface area contributed by atoms with Crippen molar-refractivity contribution in [1.82, 2.24) is 4.90 Å². The number of anilines is 1. The van der Waals surface area contributed by atoms with Crippen LogP contribution in [0.3, 0.4) is 0 Å². The lowest BCUT2D eigenvalue weighted by molar-refractivity contribution is -0.129. The Bertz CT molecular complexity index is 398. The fourth-order valence-corrected chi connectivity index (χ4v) is 1.99. The van der Waals surface area contributed by atoms with Crippen molar-refractivity contribution in [2.45, 2.75) is 19.3 Å². The maximum absolute atomic E-state index is 11.9. The molecule has 1 aliphatic heterocycles. The molecule has 1 fully saturated rings. The van der Waals surface area contributed by atoms with Gasteiger partial charge in [0.1, 0.15) is 5.75 Å². The van der Waals surface area contributed by atoms with Gasteiger partial charge in [0.15, 0.2) is 0 Å². The van der Waals surface area contributed by atoms with Gasteiger partial charge in [0.05, 0.1) is 6.42 Å². The molecule has 0 spiro atoms. The summed E-state index contributed by atoms with van der Waals surface area (Å²) in [5, 5.41) is 9.34. The minimum absolute atomic E-state index is 0.0924. The first-order chi connectivity index (χ1) is 7.66. The third-order valence-electron chi connectivity index (χ3n) is 2.93. The topological polar surface area (TPSA) is 66.6 Å². The third kappa shape index (κ3) is 2.27. The van der Waals surface area contributed by atoms with E-state index in [1.807, 2.05) is 4.90 Å². The van der Waals surface area contributed by atoms with Gasteiger partial charge in [0.25, 0.3) is 0 Å². The Balaban J connectivity index is 2.07. The van der Waals surface area contributed by atoms with Gasteiger partial charge in [-0.3, -0.25) is 4.79 Å². The molecule has 0 bridgehead atoms. The van der Waals surface area contributed by atoms with Gasteiger partial charge in [0, 0.05) is 18.8 Å². The lowest BCUT2D eigenvalue weighted by Gasteiger charge is -2.15. The minimum atomic E-state index is 0.0924. The zero-order chi connectivity index (χ0) is 11.5. The summed E-state index contributed by atoms with van der Waals surface area (Å²) < 4.78 is 0. The van der Waals surface area contributed by atoms with Crippen LogP contribution >= 0.6 is 0 Å². The largest absolute Gasteiger partial charge is 0.508 e. The van der Waals surface area contributed by atoms with E-state index in [4.69, 9.17) is 5.73 Å². The zero-order valence-corrected chi connectivity index (χ0v) is 9.15. The van der Waals surface area contributed by atoms with Crippen LogP contribution in [0.5, 0.6) is 5.75 Å². The molecule has 0 saturated carbocycles. The molecule has 4 nitrogen and oxygen atoms in total. The van der Waals surface area contributed by atoms with Crippen LogP contribution in [0, 0.1) is 0 Å². The number of carbonyl (C=O) groups is 1. The van der Waals surface area contributed by atoms with Crippen molar-refractivity contribution in [2.75, 3.05) is 18.8 Å². The Morgan fingerprint density at radius 3 is 2.75 bits per heavy atom. The highest BCUT2D eigenvalue weighted by atomic mass is 16.3. The lowest BCUT2D eigenvalue weighted by atomic mass is 10.1. The first-order valence-electron chi connectivity index (χ1n) is 5.52. The fourth-order valence-electron chi connectivity index (χ4n) is 1.99. The van der Waals surface area contributed by atoms with E-state index >= 15 is 0 Å². The van der Waals surface area contributed by atoms with Gasteiger partial charge in [0.2, 0.25) is 5.91 Å². The van der Waals surface area contributed by atoms with Crippen molar-refractivity contribution >= 4 is 11.6 Å². The summed E-state index contributed by atoms with van der Waals surface area (Å²) in [7, 11) is 0. The number of nitrogens with two attached hydrogens (primary N) is 1. The van der Waals surface area contributed by atoms with Gasteiger partial charge in [-0.25, -0.2) is 0 Å². The van der Waals surface area contributed by atoms with Crippen LogP contribution < -0.4 is 5.73 Å². The van der Waals surface area contributed by atoms with Gasteiger partial charge in [-0.05, 0) is 36.6 Å². The molecule has 1 aliphatic rings. The van der Waals surface area contributed by atoms with Crippen LogP contribution in [-0.4, -0.2) is 29.0 Å². The van der Waals surface area contributed by atoms with E-state index in [1.54, 1.807) is 12.1 Å².